The summed E-state index contributed by atoms with van der Waals surface area (Å²) in [5, 5.41) is 4.06. The Hall–Kier alpha value is -2.30. The first-order valence-electron chi connectivity index (χ1n) is 7.74. The van der Waals surface area contributed by atoms with E-state index in [0.29, 0.717) is 5.69 Å². The lowest BCUT2D eigenvalue weighted by atomic mass is 10.2. The fourth-order valence-corrected chi connectivity index (χ4v) is 2.66. The van der Waals surface area contributed by atoms with Gasteiger partial charge in [-0.1, -0.05) is 36.4 Å². The molecule has 1 amide bonds. The minimum absolute atomic E-state index is 0. The van der Waals surface area contributed by atoms with Gasteiger partial charge < -0.3 is 14.8 Å². The molecule has 0 aliphatic carbocycles. The van der Waals surface area contributed by atoms with Crippen molar-refractivity contribution in [3.8, 4) is 0 Å². The number of likely N-dealkylation sites (N-methyl/N-ethyl adjacent to an activating group) is 1. The zero-order chi connectivity index (χ0) is 16.2. The summed E-state index contributed by atoms with van der Waals surface area (Å²) in [6.07, 6.45) is 0. The molecular weight excluding hydrogens is 322 g/mol. The fourth-order valence-electron chi connectivity index (χ4n) is 2.66. The Bertz CT molecular complexity index is 812. The first-order valence-corrected chi connectivity index (χ1v) is 7.74. The van der Waals surface area contributed by atoms with Gasteiger partial charge >= 0.3 is 0 Å². The molecule has 126 valence electrons. The molecule has 0 spiro atoms. The molecule has 0 bridgehead atoms. The number of rotatable bonds is 5. The normalized spacial score (nSPS) is 10.6. The summed E-state index contributed by atoms with van der Waals surface area (Å²) in [4.78, 5) is 14.8. The predicted octanol–water partition coefficient (Wildman–Crippen LogP) is 3.88. The van der Waals surface area contributed by atoms with E-state index in [2.05, 4.69) is 20.9 Å². The zero-order valence-corrected chi connectivity index (χ0v) is 14.7. The third kappa shape index (κ3) is 3.96. The molecule has 0 unspecified atom stereocenters. The lowest BCUT2D eigenvalue weighted by molar-refractivity contribution is 0.101. The third-order valence-corrected chi connectivity index (χ3v) is 3.85. The van der Waals surface area contributed by atoms with Crippen LogP contribution in [-0.2, 0) is 6.54 Å². The Kier molecular flexibility index (Phi) is 6.01. The summed E-state index contributed by atoms with van der Waals surface area (Å²) in [6, 6.07) is 19.6. The predicted molar refractivity (Wildman–Crippen MR) is 102 cm³/mol. The molecule has 5 heteroatoms. The zero-order valence-electron chi connectivity index (χ0n) is 13.9. The fraction of sp³-hybridized carbons (Fsp3) is 0.211. The van der Waals surface area contributed by atoms with Crippen LogP contribution in [0.15, 0.2) is 60.7 Å². The summed E-state index contributed by atoms with van der Waals surface area (Å²) in [5.74, 6) is -0.0776. The van der Waals surface area contributed by atoms with Crippen molar-refractivity contribution < 1.29 is 4.79 Å². The lowest BCUT2D eigenvalue weighted by Gasteiger charge is -2.14. The van der Waals surface area contributed by atoms with Crippen molar-refractivity contribution in [2.45, 2.75) is 6.54 Å². The Labute approximate surface area is 148 Å². The maximum atomic E-state index is 12.7. The molecule has 2 aromatic carbocycles. The topological polar surface area (TPSA) is 37.3 Å². The molecule has 0 saturated heterocycles. The average Bonchev–Trinajstić information content (AvgIpc) is 2.92. The second-order valence-electron chi connectivity index (χ2n) is 5.86. The van der Waals surface area contributed by atoms with Crippen molar-refractivity contribution in [3.63, 3.8) is 0 Å². The highest BCUT2D eigenvalue weighted by molar-refractivity contribution is 6.06. The number of aromatic nitrogens is 1. The number of anilines is 1. The van der Waals surface area contributed by atoms with E-state index >= 15 is 0 Å². The minimum Gasteiger partial charge on any atom is -0.335 e. The number of para-hydroxylation sites is 2. The molecule has 3 aromatic rings. The number of carbonyl (C=O) groups is 1. The van der Waals surface area contributed by atoms with Crippen LogP contribution in [0.1, 0.15) is 10.5 Å². The first-order chi connectivity index (χ1) is 11.1. The van der Waals surface area contributed by atoms with E-state index in [9.17, 15) is 4.79 Å². The highest BCUT2D eigenvalue weighted by Gasteiger charge is 2.15. The second-order valence-corrected chi connectivity index (χ2v) is 5.86. The third-order valence-electron chi connectivity index (χ3n) is 3.85. The van der Waals surface area contributed by atoms with Gasteiger partial charge in [-0.05, 0) is 38.4 Å². The summed E-state index contributed by atoms with van der Waals surface area (Å²) < 4.78 is 2.09. The molecule has 4 nitrogen and oxygen atoms in total. The molecule has 0 aliphatic heterocycles. The van der Waals surface area contributed by atoms with Gasteiger partial charge in [-0.25, -0.2) is 0 Å². The van der Waals surface area contributed by atoms with Crippen molar-refractivity contribution in [1.82, 2.24) is 9.47 Å². The van der Waals surface area contributed by atoms with Gasteiger partial charge in [0.2, 0.25) is 0 Å². The van der Waals surface area contributed by atoms with Crippen LogP contribution >= 0.6 is 12.4 Å². The van der Waals surface area contributed by atoms with Gasteiger partial charge in [0.1, 0.15) is 5.69 Å². The number of nitrogens with zero attached hydrogens (tertiary/aromatic N) is 2. The van der Waals surface area contributed by atoms with Gasteiger partial charge in [0.15, 0.2) is 0 Å². The van der Waals surface area contributed by atoms with Crippen LogP contribution in [0.2, 0.25) is 0 Å². The summed E-state index contributed by atoms with van der Waals surface area (Å²) in [7, 11) is 4.07. The van der Waals surface area contributed by atoms with Crippen molar-refractivity contribution in [2.24, 2.45) is 0 Å². The van der Waals surface area contributed by atoms with E-state index < -0.39 is 0 Å². The molecule has 1 heterocycles. The standard InChI is InChI=1S/C19H21N3O.ClH/c1-21(2)12-13-22-17-11-7-6-8-15(17)14-18(22)19(23)20-16-9-4-3-5-10-16;/h3-11,14H,12-13H2,1-2H3,(H,20,23);1H. The maximum absolute atomic E-state index is 12.7. The highest BCUT2D eigenvalue weighted by atomic mass is 35.5. The number of halogens is 1. The SMILES string of the molecule is CN(C)CCn1c(C(=O)Nc2ccccc2)cc2ccccc21.Cl. The van der Waals surface area contributed by atoms with E-state index in [1.807, 2.05) is 68.7 Å². The number of carbonyl (C=O) groups excluding carboxylic acids is 1. The van der Waals surface area contributed by atoms with Gasteiger partial charge in [0.25, 0.3) is 5.91 Å². The van der Waals surface area contributed by atoms with E-state index in [1.54, 1.807) is 0 Å². The van der Waals surface area contributed by atoms with Crippen LogP contribution in [0.3, 0.4) is 0 Å². The van der Waals surface area contributed by atoms with Crippen LogP contribution in [0.25, 0.3) is 10.9 Å². The van der Waals surface area contributed by atoms with Gasteiger partial charge in [-0.15, -0.1) is 12.4 Å². The molecule has 24 heavy (non-hydrogen) atoms. The van der Waals surface area contributed by atoms with Crippen LogP contribution in [0.4, 0.5) is 5.69 Å². The Morgan fingerprint density at radius 1 is 1.04 bits per heavy atom. The van der Waals surface area contributed by atoms with Crippen LogP contribution in [0.5, 0.6) is 0 Å². The number of fused-ring (bicyclic) bond motifs is 1. The molecule has 0 fully saturated rings. The molecule has 3 rings (SSSR count). The molecule has 0 radical (unpaired) electrons. The first kappa shape index (κ1) is 18.0. The quantitative estimate of drug-likeness (QED) is 0.763. The van der Waals surface area contributed by atoms with E-state index in [1.165, 1.54) is 0 Å². The summed E-state index contributed by atoms with van der Waals surface area (Å²) in [6.45, 7) is 1.66. The molecule has 1 aromatic heterocycles. The van der Waals surface area contributed by atoms with E-state index in [0.717, 1.165) is 29.7 Å². The largest absolute Gasteiger partial charge is 0.335 e. The smallest absolute Gasteiger partial charge is 0.272 e. The monoisotopic (exact) mass is 343 g/mol. The van der Waals surface area contributed by atoms with Gasteiger partial charge in [-0.2, -0.15) is 0 Å². The average molecular weight is 344 g/mol. The van der Waals surface area contributed by atoms with Gasteiger partial charge in [0, 0.05) is 29.7 Å². The van der Waals surface area contributed by atoms with Crippen molar-refractivity contribution in [3.05, 3.63) is 66.4 Å². The molecule has 1 N–H and O–H groups in total. The molecule has 0 aliphatic rings. The number of benzene rings is 2. The van der Waals surface area contributed by atoms with E-state index in [-0.39, 0.29) is 18.3 Å². The van der Waals surface area contributed by atoms with Crippen molar-refractivity contribution in [1.29, 1.82) is 0 Å². The van der Waals surface area contributed by atoms with Crippen LogP contribution in [-0.4, -0.2) is 36.0 Å². The molecule has 0 saturated carbocycles. The summed E-state index contributed by atoms with van der Waals surface area (Å²) in [5.41, 5.74) is 2.59. The maximum Gasteiger partial charge on any atom is 0.272 e. The summed E-state index contributed by atoms with van der Waals surface area (Å²) >= 11 is 0. The Morgan fingerprint density at radius 2 is 1.71 bits per heavy atom. The van der Waals surface area contributed by atoms with Gasteiger partial charge in [-0.3, -0.25) is 4.79 Å². The molecular formula is C19H22ClN3O. The lowest BCUT2D eigenvalue weighted by Crippen LogP contribution is -2.22. The highest BCUT2D eigenvalue weighted by Crippen LogP contribution is 2.21. The van der Waals surface area contributed by atoms with E-state index in [4.69, 9.17) is 0 Å². The van der Waals surface area contributed by atoms with Crippen molar-refractivity contribution in [2.75, 3.05) is 26.0 Å². The minimum atomic E-state index is -0.0776. The number of nitrogens with one attached hydrogen (secondary N) is 1. The van der Waals surface area contributed by atoms with Crippen LogP contribution in [0, 0.1) is 0 Å². The van der Waals surface area contributed by atoms with Crippen molar-refractivity contribution >= 4 is 34.9 Å². The number of hydrogen-bond acceptors (Lipinski definition) is 2. The number of amides is 1. The van der Waals surface area contributed by atoms with Gasteiger partial charge in [0.05, 0.1) is 0 Å². The molecule has 0 atom stereocenters. The Morgan fingerprint density at radius 3 is 2.42 bits per heavy atom. The Balaban J connectivity index is 0.00000208. The van der Waals surface area contributed by atoms with Crippen LogP contribution < -0.4 is 5.32 Å². The second kappa shape index (κ2) is 7.99. The number of hydrogen-bond donors (Lipinski definition) is 1.